The zero-order valence-electron chi connectivity index (χ0n) is 22.4. The summed E-state index contributed by atoms with van der Waals surface area (Å²) >= 11 is 3.47. The van der Waals surface area contributed by atoms with Crippen LogP contribution < -0.4 is 9.64 Å². The fourth-order valence-corrected chi connectivity index (χ4v) is 7.03. The van der Waals surface area contributed by atoms with Crippen molar-refractivity contribution in [3.8, 4) is 22.1 Å². The van der Waals surface area contributed by atoms with E-state index in [2.05, 4.69) is 116 Å². The molecule has 0 spiro atoms. The number of ether oxygens (including phenoxy) is 1. The summed E-state index contributed by atoms with van der Waals surface area (Å²) < 4.78 is 8.98. The fourth-order valence-electron chi connectivity index (χ4n) is 5.23. The lowest BCUT2D eigenvalue weighted by Gasteiger charge is -2.20. The van der Waals surface area contributed by atoms with Gasteiger partial charge in [-0.3, -0.25) is 4.98 Å². The molecular weight excluding hydrogens is 519 g/mol. The molecule has 6 heteroatoms. The number of aromatic nitrogens is 1. The molecule has 0 saturated heterocycles. The monoisotopic (exact) mass is 547 g/mol. The number of anilines is 1. The Morgan fingerprint density at radius 2 is 1.77 bits per heavy atom. The third-order valence-corrected chi connectivity index (χ3v) is 9.15. The molecule has 7 rings (SSSR count). The zero-order valence-corrected chi connectivity index (χ0v) is 24.1. The molecule has 0 radical (unpaired) electrons. The van der Waals surface area contributed by atoms with Crippen LogP contribution in [0.25, 0.3) is 42.2 Å². The summed E-state index contributed by atoms with van der Waals surface area (Å²) in [4.78, 5) is 9.26. The van der Waals surface area contributed by atoms with Crippen molar-refractivity contribution in [1.29, 1.82) is 0 Å². The van der Waals surface area contributed by atoms with Crippen molar-refractivity contribution in [2.45, 2.75) is 26.2 Å². The molecule has 0 unspecified atom stereocenters. The van der Waals surface area contributed by atoms with E-state index in [1.165, 1.54) is 42.1 Å². The Bertz CT molecular complexity index is 1890. The van der Waals surface area contributed by atoms with Crippen molar-refractivity contribution in [2.24, 2.45) is 0 Å². The molecule has 4 nitrogen and oxygen atoms in total. The number of nitrogens with zero attached hydrogens (tertiary/aromatic N) is 3. The van der Waals surface area contributed by atoms with Crippen LogP contribution in [0.5, 0.6) is 10.8 Å². The summed E-state index contributed by atoms with van der Waals surface area (Å²) in [5.74, 6) is 0.835. The molecule has 1 aliphatic heterocycles. The summed E-state index contributed by atoms with van der Waals surface area (Å²) in [6.07, 6.45) is 6.13. The van der Waals surface area contributed by atoms with Gasteiger partial charge in [-0.1, -0.05) is 38.2 Å². The molecule has 0 N–H and O–H groups in total. The van der Waals surface area contributed by atoms with Gasteiger partial charge < -0.3 is 14.5 Å². The van der Waals surface area contributed by atoms with E-state index in [0.29, 0.717) is 0 Å². The Morgan fingerprint density at radius 1 is 0.872 bits per heavy atom. The fraction of sp³-hybridized carbons (Fsp3) is 0.182. The number of hydrogen-bond acceptors (Lipinski definition) is 6. The molecule has 0 aliphatic carbocycles. The van der Waals surface area contributed by atoms with E-state index in [-0.39, 0.29) is 5.41 Å². The van der Waals surface area contributed by atoms with Gasteiger partial charge in [-0.25, -0.2) is 0 Å². The molecule has 6 aromatic rings. The lowest BCUT2D eigenvalue weighted by Crippen LogP contribution is -2.21. The molecule has 3 aromatic carbocycles. The minimum absolute atomic E-state index is 0.0374. The molecule has 0 amide bonds. The minimum Gasteiger partial charge on any atom is -0.447 e. The number of hydrogen-bond donors (Lipinski definition) is 0. The molecular formula is C33H29N3OS2. The van der Waals surface area contributed by atoms with E-state index < -0.39 is 0 Å². The van der Waals surface area contributed by atoms with Gasteiger partial charge in [0.1, 0.15) is 5.75 Å². The molecule has 0 fully saturated rings. The first-order valence-corrected chi connectivity index (χ1v) is 14.8. The van der Waals surface area contributed by atoms with Gasteiger partial charge in [0.15, 0.2) is 5.06 Å². The first-order chi connectivity index (χ1) is 18.8. The van der Waals surface area contributed by atoms with Crippen molar-refractivity contribution >= 4 is 59.3 Å². The number of fused-ring (bicyclic) bond motifs is 3. The molecule has 0 atom stereocenters. The second-order valence-electron chi connectivity index (χ2n) is 11.2. The third-order valence-electron chi connectivity index (χ3n) is 7.31. The van der Waals surface area contributed by atoms with Crippen LogP contribution in [0.4, 0.5) is 5.69 Å². The topological polar surface area (TPSA) is 28.6 Å². The number of benzene rings is 3. The van der Waals surface area contributed by atoms with Gasteiger partial charge >= 0.3 is 0 Å². The van der Waals surface area contributed by atoms with Gasteiger partial charge in [0.05, 0.1) is 12.4 Å². The summed E-state index contributed by atoms with van der Waals surface area (Å²) in [5.41, 5.74) is 4.61. The molecule has 0 saturated carbocycles. The summed E-state index contributed by atoms with van der Waals surface area (Å²) in [6, 6.07) is 24.0. The van der Waals surface area contributed by atoms with Gasteiger partial charge in [0.2, 0.25) is 0 Å². The van der Waals surface area contributed by atoms with Gasteiger partial charge in [-0.15, -0.1) is 11.3 Å². The van der Waals surface area contributed by atoms with Gasteiger partial charge in [-0.2, -0.15) is 0 Å². The Morgan fingerprint density at radius 3 is 2.59 bits per heavy atom. The SMILES string of the molecule is CN1C=CN(c2cccc(Oc3cc4c(-c5cc(C(C)(C)C)ccn5)c5cc6sccc6cc5cc4s3)c2)C1. The molecule has 39 heavy (non-hydrogen) atoms. The van der Waals surface area contributed by atoms with E-state index in [9.17, 15) is 0 Å². The van der Waals surface area contributed by atoms with Gasteiger partial charge in [0, 0.05) is 63.8 Å². The number of thiophene rings is 2. The maximum absolute atomic E-state index is 6.48. The normalized spacial score (nSPS) is 13.8. The average molecular weight is 548 g/mol. The maximum atomic E-state index is 6.48. The van der Waals surface area contributed by atoms with E-state index in [1.807, 2.05) is 12.3 Å². The second-order valence-corrected chi connectivity index (χ2v) is 13.2. The maximum Gasteiger partial charge on any atom is 0.182 e. The van der Waals surface area contributed by atoms with Crippen molar-refractivity contribution in [2.75, 3.05) is 18.6 Å². The largest absolute Gasteiger partial charge is 0.447 e. The Kier molecular flexibility index (Phi) is 5.65. The van der Waals surface area contributed by atoms with Crippen LogP contribution in [0.1, 0.15) is 26.3 Å². The molecule has 4 heterocycles. The Balaban J connectivity index is 1.38. The molecule has 194 valence electrons. The second kappa shape index (κ2) is 9.11. The van der Waals surface area contributed by atoms with E-state index in [1.54, 1.807) is 22.7 Å². The molecule has 0 bridgehead atoms. The molecule has 3 aromatic heterocycles. The van der Waals surface area contributed by atoms with Crippen molar-refractivity contribution in [3.63, 3.8) is 0 Å². The predicted molar refractivity (Wildman–Crippen MR) is 167 cm³/mol. The first-order valence-electron chi connectivity index (χ1n) is 13.1. The van der Waals surface area contributed by atoms with Crippen LogP contribution in [0.3, 0.4) is 0 Å². The van der Waals surface area contributed by atoms with Crippen LogP contribution in [-0.2, 0) is 5.41 Å². The Labute approximate surface area is 236 Å². The summed E-state index contributed by atoms with van der Waals surface area (Å²) in [7, 11) is 2.07. The van der Waals surface area contributed by atoms with Gasteiger partial charge in [-0.05, 0) is 81.0 Å². The van der Waals surface area contributed by atoms with Crippen molar-refractivity contribution in [3.05, 3.63) is 96.3 Å². The smallest absolute Gasteiger partial charge is 0.182 e. The Hall–Kier alpha value is -3.87. The van der Waals surface area contributed by atoms with E-state index in [0.717, 1.165) is 28.9 Å². The molecule has 1 aliphatic rings. The number of rotatable bonds is 4. The van der Waals surface area contributed by atoms with Crippen LogP contribution in [0, 0.1) is 0 Å². The van der Waals surface area contributed by atoms with Crippen molar-refractivity contribution < 1.29 is 4.74 Å². The average Bonchev–Trinajstić information content (AvgIpc) is 3.65. The highest BCUT2D eigenvalue weighted by atomic mass is 32.1. The minimum atomic E-state index is 0.0374. The highest BCUT2D eigenvalue weighted by Gasteiger charge is 2.20. The summed E-state index contributed by atoms with van der Waals surface area (Å²) in [6.45, 7) is 7.59. The van der Waals surface area contributed by atoms with Crippen LogP contribution >= 0.6 is 22.7 Å². The van der Waals surface area contributed by atoms with Crippen LogP contribution in [-0.4, -0.2) is 23.6 Å². The zero-order chi connectivity index (χ0) is 26.7. The van der Waals surface area contributed by atoms with E-state index in [4.69, 9.17) is 9.72 Å². The van der Waals surface area contributed by atoms with Gasteiger partial charge in [0.25, 0.3) is 0 Å². The standard InChI is InChI=1S/C33H29N3OS2/c1-33(2,3)23-8-10-34-28(16-23)32-26-18-29-21(9-13-38-29)14-22(26)15-30-27(32)19-31(39-30)37-25-7-5-6-24(17-25)36-12-11-35(4)20-36/h5-19H,20H2,1-4H3. The van der Waals surface area contributed by atoms with Crippen molar-refractivity contribution in [1.82, 2.24) is 9.88 Å². The van der Waals surface area contributed by atoms with Crippen LogP contribution in [0.2, 0.25) is 0 Å². The third kappa shape index (κ3) is 4.44. The quantitative estimate of drug-likeness (QED) is 0.220. The number of pyridine rings is 1. The first kappa shape index (κ1) is 24.2. The highest BCUT2D eigenvalue weighted by molar-refractivity contribution is 7.21. The summed E-state index contributed by atoms with van der Waals surface area (Å²) in [5, 5.41) is 7.96. The lowest BCUT2D eigenvalue weighted by atomic mass is 9.86. The highest BCUT2D eigenvalue weighted by Crippen LogP contribution is 2.45. The van der Waals surface area contributed by atoms with E-state index >= 15 is 0 Å². The van der Waals surface area contributed by atoms with Crippen LogP contribution in [0.15, 0.2) is 90.7 Å². The predicted octanol–water partition coefficient (Wildman–Crippen LogP) is 9.60. The lowest BCUT2D eigenvalue weighted by molar-refractivity contribution is 0.490.